The highest BCUT2D eigenvalue weighted by atomic mass is 79.9. The molecular formula is C12H11BrF3N3. The second-order valence-electron chi connectivity index (χ2n) is 4.07. The Labute approximate surface area is 116 Å². The summed E-state index contributed by atoms with van der Waals surface area (Å²) in [4.78, 5) is 0. The van der Waals surface area contributed by atoms with Gasteiger partial charge in [0.05, 0.1) is 6.20 Å². The van der Waals surface area contributed by atoms with Crippen LogP contribution in [0.2, 0.25) is 0 Å². The third-order valence-corrected chi connectivity index (χ3v) is 3.31. The molecular weight excluding hydrogens is 323 g/mol. The predicted octanol–water partition coefficient (Wildman–Crippen LogP) is 2.89. The molecule has 0 saturated heterocycles. The van der Waals surface area contributed by atoms with Crippen LogP contribution in [0, 0.1) is 17.5 Å². The van der Waals surface area contributed by atoms with Gasteiger partial charge in [-0.25, -0.2) is 13.2 Å². The number of hydrogen-bond donors (Lipinski definition) is 1. The largest absolute Gasteiger partial charge is 0.308 e. The topological polar surface area (TPSA) is 29.9 Å². The maximum atomic E-state index is 13.6. The van der Waals surface area contributed by atoms with E-state index in [-0.39, 0.29) is 16.6 Å². The Kier molecular flexibility index (Phi) is 4.26. The van der Waals surface area contributed by atoms with Crippen LogP contribution in [0.4, 0.5) is 13.2 Å². The Balaban J connectivity index is 2.05. The summed E-state index contributed by atoms with van der Waals surface area (Å²) in [5.41, 5.74) is 0.976. The Morgan fingerprint density at radius 3 is 2.63 bits per heavy atom. The fourth-order valence-electron chi connectivity index (χ4n) is 1.66. The van der Waals surface area contributed by atoms with Crippen molar-refractivity contribution in [1.82, 2.24) is 15.1 Å². The van der Waals surface area contributed by atoms with E-state index >= 15 is 0 Å². The molecule has 2 rings (SSSR count). The molecule has 19 heavy (non-hydrogen) atoms. The van der Waals surface area contributed by atoms with Gasteiger partial charge in [-0.1, -0.05) is 15.9 Å². The van der Waals surface area contributed by atoms with Gasteiger partial charge in [0.25, 0.3) is 0 Å². The van der Waals surface area contributed by atoms with E-state index in [2.05, 4.69) is 26.3 Å². The highest BCUT2D eigenvalue weighted by molar-refractivity contribution is 9.10. The molecule has 1 aromatic carbocycles. The van der Waals surface area contributed by atoms with Crippen molar-refractivity contribution in [2.24, 2.45) is 7.05 Å². The minimum absolute atomic E-state index is 0.0581. The average Bonchev–Trinajstić information content (AvgIpc) is 2.77. The molecule has 1 aromatic heterocycles. The molecule has 7 heteroatoms. The van der Waals surface area contributed by atoms with Gasteiger partial charge in [0.1, 0.15) is 0 Å². The van der Waals surface area contributed by atoms with Crippen LogP contribution < -0.4 is 5.32 Å². The molecule has 0 saturated carbocycles. The third-order valence-electron chi connectivity index (χ3n) is 2.60. The Morgan fingerprint density at radius 2 is 2.00 bits per heavy atom. The molecule has 0 aliphatic heterocycles. The third kappa shape index (κ3) is 3.16. The van der Waals surface area contributed by atoms with Gasteiger partial charge < -0.3 is 5.32 Å². The molecule has 1 N–H and O–H groups in total. The predicted molar refractivity (Wildman–Crippen MR) is 67.8 cm³/mol. The van der Waals surface area contributed by atoms with Crippen molar-refractivity contribution in [3.8, 4) is 0 Å². The zero-order valence-corrected chi connectivity index (χ0v) is 11.6. The first-order chi connectivity index (χ1) is 8.99. The second kappa shape index (κ2) is 5.75. The number of hydrogen-bond acceptors (Lipinski definition) is 2. The van der Waals surface area contributed by atoms with Crippen LogP contribution in [0.15, 0.2) is 22.9 Å². The molecule has 1 heterocycles. The van der Waals surface area contributed by atoms with E-state index in [1.54, 1.807) is 17.9 Å². The number of halogens is 4. The Hall–Kier alpha value is -1.34. The smallest absolute Gasteiger partial charge is 0.194 e. The van der Waals surface area contributed by atoms with Crippen LogP contribution in [0.5, 0.6) is 0 Å². The maximum absolute atomic E-state index is 13.6. The van der Waals surface area contributed by atoms with Crippen molar-refractivity contribution in [2.75, 3.05) is 0 Å². The van der Waals surface area contributed by atoms with Gasteiger partial charge in [-0.2, -0.15) is 5.10 Å². The molecule has 0 aliphatic rings. The summed E-state index contributed by atoms with van der Waals surface area (Å²) in [7, 11) is 1.79. The number of nitrogens with one attached hydrogen (secondary N) is 1. The molecule has 2 aromatic rings. The van der Waals surface area contributed by atoms with Gasteiger partial charge >= 0.3 is 0 Å². The Morgan fingerprint density at radius 1 is 1.26 bits per heavy atom. The van der Waals surface area contributed by atoms with Gasteiger partial charge in [0.2, 0.25) is 0 Å². The molecule has 102 valence electrons. The van der Waals surface area contributed by atoms with Crippen molar-refractivity contribution in [3.05, 3.63) is 51.5 Å². The van der Waals surface area contributed by atoms with Crippen LogP contribution in [0.25, 0.3) is 0 Å². The summed E-state index contributed by atoms with van der Waals surface area (Å²) >= 11 is 3.02. The van der Waals surface area contributed by atoms with Crippen molar-refractivity contribution in [3.63, 3.8) is 0 Å². The van der Waals surface area contributed by atoms with Gasteiger partial charge in [0.15, 0.2) is 17.5 Å². The first kappa shape index (κ1) is 14.1. The first-order valence-corrected chi connectivity index (χ1v) is 6.28. The number of rotatable bonds is 4. The van der Waals surface area contributed by atoms with E-state index in [9.17, 15) is 13.2 Å². The monoisotopic (exact) mass is 333 g/mol. The van der Waals surface area contributed by atoms with E-state index in [0.29, 0.717) is 6.54 Å². The SMILES string of the molecule is Cn1cc(CNCc2c(Br)cc(F)c(F)c2F)cn1. The summed E-state index contributed by atoms with van der Waals surface area (Å²) < 4.78 is 41.4. The minimum Gasteiger partial charge on any atom is -0.308 e. The van der Waals surface area contributed by atoms with Crippen LogP contribution >= 0.6 is 15.9 Å². The Bertz CT molecular complexity index is 598. The van der Waals surface area contributed by atoms with Crippen LogP contribution in [-0.2, 0) is 20.1 Å². The lowest BCUT2D eigenvalue weighted by Gasteiger charge is -2.08. The van der Waals surface area contributed by atoms with E-state index in [4.69, 9.17) is 0 Å². The van der Waals surface area contributed by atoms with Gasteiger partial charge in [-0.05, 0) is 6.07 Å². The van der Waals surface area contributed by atoms with Crippen molar-refractivity contribution >= 4 is 15.9 Å². The summed E-state index contributed by atoms with van der Waals surface area (Å²) in [6.45, 7) is 0.539. The van der Waals surface area contributed by atoms with E-state index in [0.717, 1.165) is 11.6 Å². The lowest BCUT2D eigenvalue weighted by atomic mass is 10.2. The van der Waals surface area contributed by atoms with Crippen LogP contribution in [0.3, 0.4) is 0 Å². The summed E-state index contributed by atoms with van der Waals surface area (Å²) in [6, 6.07) is 0.916. The molecule has 0 aliphatic carbocycles. The van der Waals surface area contributed by atoms with Gasteiger partial charge in [-0.15, -0.1) is 0 Å². The summed E-state index contributed by atoms with van der Waals surface area (Å²) in [5.74, 6) is -3.84. The highest BCUT2D eigenvalue weighted by Crippen LogP contribution is 2.24. The van der Waals surface area contributed by atoms with Gasteiger partial charge in [-0.3, -0.25) is 4.68 Å². The molecule has 0 atom stereocenters. The van der Waals surface area contributed by atoms with Gasteiger partial charge in [0, 0.05) is 41.9 Å². The quantitative estimate of drug-likeness (QED) is 0.688. The normalized spacial score (nSPS) is 11.0. The lowest BCUT2D eigenvalue weighted by Crippen LogP contribution is -2.15. The van der Waals surface area contributed by atoms with E-state index in [1.807, 2.05) is 6.20 Å². The van der Waals surface area contributed by atoms with Crippen molar-refractivity contribution in [1.29, 1.82) is 0 Å². The molecule has 0 fully saturated rings. The second-order valence-corrected chi connectivity index (χ2v) is 4.93. The lowest BCUT2D eigenvalue weighted by molar-refractivity contribution is 0.436. The van der Waals surface area contributed by atoms with E-state index < -0.39 is 17.5 Å². The molecule has 0 radical (unpaired) electrons. The molecule has 0 amide bonds. The first-order valence-electron chi connectivity index (χ1n) is 5.49. The fraction of sp³-hybridized carbons (Fsp3) is 0.250. The highest BCUT2D eigenvalue weighted by Gasteiger charge is 2.17. The summed E-state index contributed by atoms with van der Waals surface area (Å²) in [6.07, 6.45) is 3.48. The molecule has 0 unspecified atom stereocenters. The van der Waals surface area contributed by atoms with E-state index in [1.165, 1.54) is 0 Å². The minimum atomic E-state index is -1.46. The molecule has 0 bridgehead atoms. The van der Waals surface area contributed by atoms with Crippen LogP contribution in [0.1, 0.15) is 11.1 Å². The number of benzene rings is 1. The number of aromatic nitrogens is 2. The zero-order valence-electron chi connectivity index (χ0n) is 10.1. The number of nitrogens with zero attached hydrogens (tertiary/aromatic N) is 2. The summed E-state index contributed by atoms with van der Waals surface area (Å²) in [5, 5.41) is 6.93. The molecule has 0 spiro atoms. The van der Waals surface area contributed by atoms with Crippen LogP contribution in [-0.4, -0.2) is 9.78 Å². The van der Waals surface area contributed by atoms with Crippen molar-refractivity contribution in [2.45, 2.75) is 13.1 Å². The number of aryl methyl sites for hydroxylation is 1. The van der Waals surface area contributed by atoms with Crippen molar-refractivity contribution < 1.29 is 13.2 Å². The average molecular weight is 334 g/mol. The zero-order chi connectivity index (χ0) is 14.0. The standard InChI is InChI=1S/C12H11BrF3N3/c1-19-6-7(4-18-19)3-17-5-8-9(13)2-10(14)12(16)11(8)15/h2,4,6,17H,3,5H2,1H3. The maximum Gasteiger partial charge on any atom is 0.194 e. The fourth-order valence-corrected chi connectivity index (χ4v) is 2.18. The molecule has 3 nitrogen and oxygen atoms in total.